The van der Waals surface area contributed by atoms with Crippen molar-refractivity contribution in [3.05, 3.63) is 24.3 Å². The zero-order valence-electron chi connectivity index (χ0n) is 11.2. The highest BCUT2D eigenvalue weighted by atomic mass is 35.5. The van der Waals surface area contributed by atoms with E-state index in [4.69, 9.17) is 15.2 Å². The fraction of sp³-hybridized carbons (Fsp3) is 0.462. The zero-order valence-corrected chi connectivity index (χ0v) is 12.0. The molecule has 0 aliphatic carbocycles. The van der Waals surface area contributed by atoms with Crippen molar-refractivity contribution in [3.8, 4) is 5.75 Å². The molecule has 0 heterocycles. The highest BCUT2D eigenvalue weighted by Crippen LogP contribution is 2.16. The number of rotatable bonds is 7. The van der Waals surface area contributed by atoms with Gasteiger partial charge in [0.25, 0.3) is 5.91 Å². The van der Waals surface area contributed by atoms with E-state index in [-0.39, 0.29) is 24.9 Å². The normalized spacial score (nSPS) is 11.3. The van der Waals surface area contributed by atoms with Gasteiger partial charge in [0.15, 0.2) is 0 Å². The molecule has 0 spiro atoms. The standard InChI is InChI=1S/C13H20N2O3.ClH/c1-3-8-18-11-6-4-10(5-7-11)15-13(16)12(9-14)17-2;/h4-7,12H,3,8-9,14H2,1-2H3,(H,15,16);1H. The molecule has 0 aromatic heterocycles. The minimum atomic E-state index is -0.624. The first-order valence-corrected chi connectivity index (χ1v) is 5.97. The lowest BCUT2D eigenvalue weighted by atomic mass is 10.2. The van der Waals surface area contributed by atoms with Crippen LogP contribution in [0.15, 0.2) is 24.3 Å². The zero-order chi connectivity index (χ0) is 13.4. The van der Waals surface area contributed by atoms with Crippen molar-refractivity contribution in [2.45, 2.75) is 19.4 Å². The highest BCUT2D eigenvalue weighted by molar-refractivity contribution is 5.94. The molecule has 5 nitrogen and oxygen atoms in total. The smallest absolute Gasteiger partial charge is 0.254 e. The summed E-state index contributed by atoms with van der Waals surface area (Å²) >= 11 is 0. The molecule has 3 N–H and O–H groups in total. The molecule has 0 saturated carbocycles. The maximum atomic E-state index is 11.7. The number of anilines is 1. The average Bonchev–Trinajstić information content (AvgIpc) is 2.39. The molecule has 1 rings (SSSR count). The second kappa shape index (κ2) is 9.61. The third kappa shape index (κ3) is 5.92. The first kappa shape index (κ1) is 17.7. The molecule has 108 valence electrons. The molecular weight excluding hydrogens is 268 g/mol. The number of carbonyl (C=O) groups excluding carboxylic acids is 1. The van der Waals surface area contributed by atoms with Crippen molar-refractivity contribution in [2.75, 3.05) is 25.6 Å². The Hall–Kier alpha value is -1.30. The summed E-state index contributed by atoms with van der Waals surface area (Å²) in [7, 11) is 1.46. The van der Waals surface area contributed by atoms with Gasteiger partial charge < -0.3 is 20.5 Å². The third-order valence-electron chi connectivity index (χ3n) is 2.39. The fourth-order valence-electron chi connectivity index (χ4n) is 1.39. The van der Waals surface area contributed by atoms with Gasteiger partial charge in [-0.05, 0) is 30.7 Å². The number of hydrogen-bond donors (Lipinski definition) is 2. The Balaban J connectivity index is 0.00000324. The van der Waals surface area contributed by atoms with Crippen LogP contribution in [-0.2, 0) is 9.53 Å². The SMILES string of the molecule is CCCOc1ccc(NC(=O)C(CN)OC)cc1.Cl. The van der Waals surface area contributed by atoms with Gasteiger partial charge in [-0.25, -0.2) is 0 Å². The second-order valence-electron chi connectivity index (χ2n) is 3.82. The van der Waals surface area contributed by atoms with Crippen LogP contribution in [0.2, 0.25) is 0 Å². The number of amides is 1. The Bertz CT molecular complexity index is 367. The number of halogens is 1. The van der Waals surface area contributed by atoms with Gasteiger partial charge in [0.1, 0.15) is 11.9 Å². The quantitative estimate of drug-likeness (QED) is 0.802. The Morgan fingerprint density at radius 2 is 2.00 bits per heavy atom. The first-order valence-electron chi connectivity index (χ1n) is 5.97. The number of ether oxygens (including phenoxy) is 2. The molecular formula is C13H21ClN2O3. The molecule has 6 heteroatoms. The summed E-state index contributed by atoms with van der Waals surface area (Å²) in [5, 5.41) is 2.73. The minimum Gasteiger partial charge on any atom is -0.494 e. The third-order valence-corrected chi connectivity index (χ3v) is 2.39. The van der Waals surface area contributed by atoms with Crippen molar-refractivity contribution in [1.29, 1.82) is 0 Å². The van der Waals surface area contributed by atoms with Gasteiger partial charge in [-0.15, -0.1) is 12.4 Å². The first-order chi connectivity index (χ1) is 8.71. The molecule has 0 saturated heterocycles. The molecule has 0 fully saturated rings. The molecule has 0 aliphatic rings. The Morgan fingerprint density at radius 1 is 1.37 bits per heavy atom. The monoisotopic (exact) mass is 288 g/mol. The van der Waals surface area contributed by atoms with Crippen LogP contribution in [0.4, 0.5) is 5.69 Å². The molecule has 0 radical (unpaired) electrons. The predicted octanol–water partition coefficient (Wildman–Crippen LogP) is 1.81. The van der Waals surface area contributed by atoms with Crippen LogP contribution < -0.4 is 15.8 Å². The summed E-state index contributed by atoms with van der Waals surface area (Å²) < 4.78 is 10.4. The predicted molar refractivity (Wildman–Crippen MR) is 78.0 cm³/mol. The molecule has 1 aromatic carbocycles. The Morgan fingerprint density at radius 3 is 2.47 bits per heavy atom. The topological polar surface area (TPSA) is 73.6 Å². The van der Waals surface area contributed by atoms with Gasteiger partial charge in [0.05, 0.1) is 6.61 Å². The molecule has 1 amide bonds. The van der Waals surface area contributed by atoms with Crippen LogP contribution in [-0.4, -0.2) is 32.3 Å². The summed E-state index contributed by atoms with van der Waals surface area (Å²) in [6.07, 6.45) is 0.339. The van der Waals surface area contributed by atoms with E-state index in [1.54, 1.807) is 12.1 Å². The molecule has 1 atom stereocenters. The van der Waals surface area contributed by atoms with Crippen LogP contribution in [0.5, 0.6) is 5.75 Å². The highest BCUT2D eigenvalue weighted by Gasteiger charge is 2.15. The maximum Gasteiger partial charge on any atom is 0.254 e. The van der Waals surface area contributed by atoms with E-state index < -0.39 is 6.10 Å². The molecule has 0 bridgehead atoms. The van der Waals surface area contributed by atoms with E-state index in [9.17, 15) is 4.79 Å². The van der Waals surface area contributed by atoms with E-state index in [0.29, 0.717) is 12.3 Å². The van der Waals surface area contributed by atoms with Gasteiger partial charge in [0.2, 0.25) is 0 Å². The fourth-order valence-corrected chi connectivity index (χ4v) is 1.39. The number of methoxy groups -OCH3 is 1. The van der Waals surface area contributed by atoms with Crippen molar-refractivity contribution in [2.24, 2.45) is 5.73 Å². The van der Waals surface area contributed by atoms with Crippen LogP contribution >= 0.6 is 12.4 Å². The molecule has 1 unspecified atom stereocenters. The lowest BCUT2D eigenvalue weighted by Gasteiger charge is -2.13. The van der Waals surface area contributed by atoms with Crippen LogP contribution in [0.1, 0.15) is 13.3 Å². The molecule has 19 heavy (non-hydrogen) atoms. The summed E-state index contributed by atoms with van der Waals surface area (Å²) in [6, 6.07) is 7.20. The van der Waals surface area contributed by atoms with Crippen LogP contribution in [0.25, 0.3) is 0 Å². The van der Waals surface area contributed by atoms with Gasteiger partial charge in [0, 0.05) is 19.3 Å². The van der Waals surface area contributed by atoms with Crippen molar-refractivity contribution in [3.63, 3.8) is 0 Å². The maximum absolute atomic E-state index is 11.7. The number of benzene rings is 1. The lowest BCUT2D eigenvalue weighted by molar-refractivity contribution is -0.125. The summed E-state index contributed by atoms with van der Waals surface area (Å²) in [6.45, 7) is 2.89. The van der Waals surface area contributed by atoms with Crippen LogP contribution in [0.3, 0.4) is 0 Å². The Kier molecular flexibility index (Phi) is 8.95. The number of hydrogen-bond acceptors (Lipinski definition) is 4. The van der Waals surface area contributed by atoms with Gasteiger partial charge in [-0.3, -0.25) is 4.79 Å². The van der Waals surface area contributed by atoms with Crippen molar-refractivity contribution >= 4 is 24.0 Å². The Labute approximate surface area is 119 Å². The summed E-state index contributed by atoms with van der Waals surface area (Å²) in [5.41, 5.74) is 6.10. The van der Waals surface area contributed by atoms with Gasteiger partial charge in [-0.2, -0.15) is 0 Å². The minimum absolute atomic E-state index is 0. The number of carbonyl (C=O) groups is 1. The lowest BCUT2D eigenvalue weighted by Crippen LogP contribution is -2.35. The van der Waals surface area contributed by atoms with Gasteiger partial charge >= 0.3 is 0 Å². The second-order valence-corrected chi connectivity index (χ2v) is 3.82. The molecule has 1 aromatic rings. The van der Waals surface area contributed by atoms with E-state index in [1.807, 2.05) is 19.1 Å². The van der Waals surface area contributed by atoms with E-state index in [0.717, 1.165) is 12.2 Å². The van der Waals surface area contributed by atoms with E-state index in [1.165, 1.54) is 7.11 Å². The van der Waals surface area contributed by atoms with Crippen molar-refractivity contribution < 1.29 is 14.3 Å². The van der Waals surface area contributed by atoms with Crippen molar-refractivity contribution in [1.82, 2.24) is 0 Å². The average molecular weight is 289 g/mol. The molecule has 0 aliphatic heterocycles. The van der Waals surface area contributed by atoms with E-state index in [2.05, 4.69) is 5.32 Å². The van der Waals surface area contributed by atoms with Crippen LogP contribution in [0, 0.1) is 0 Å². The largest absolute Gasteiger partial charge is 0.494 e. The van der Waals surface area contributed by atoms with Gasteiger partial charge in [-0.1, -0.05) is 6.92 Å². The summed E-state index contributed by atoms with van der Waals surface area (Å²) in [5.74, 6) is 0.541. The summed E-state index contributed by atoms with van der Waals surface area (Å²) in [4.78, 5) is 11.7. The number of nitrogens with one attached hydrogen (secondary N) is 1. The number of nitrogens with two attached hydrogens (primary N) is 1. The van der Waals surface area contributed by atoms with E-state index >= 15 is 0 Å².